The van der Waals surface area contributed by atoms with Crippen LogP contribution in [0.5, 0.6) is 0 Å². The molecular weight excluding hydrogens is 318 g/mol. The number of phosphoric ester groups is 1. The van der Waals surface area contributed by atoms with Crippen LogP contribution in [-0.4, -0.2) is 20.8 Å². The van der Waals surface area contributed by atoms with Gasteiger partial charge in [-0.15, -0.1) is 0 Å². The highest BCUT2D eigenvalue weighted by molar-refractivity contribution is 7.60. The summed E-state index contributed by atoms with van der Waals surface area (Å²) < 4.78 is 30.8. The molecule has 0 heterocycles. The lowest BCUT2D eigenvalue weighted by molar-refractivity contribution is 0.144. The highest BCUT2D eigenvalue weighted by Gasteiger charge is 2.34. The van der Waals surface area contributed by atoms with E-state index in [0.29, 0.717) is 6.42 Å². The van der Waals surface area contributed by atoms with E-state index in [1.165, 1.54) is 0 Å². The second-order valence-corrected chi connectivity index (χ2v) is 7.91. The van der Waals surface area contributed by atoms with Crippen LogP contribution in [0.3, 0.4) is 0 Å². The Hall–Kier alpha value is -0.0000000000000000416. The molecule has 126 valence electrons. The fourth-order valence-electron chi connectivity index (χ4n) is 1.81. The van der Waals surface area contributed by atoms with E-state index in [0.717, 1.165) is 37.7 Å². The highest BCUT2D eigenvalue weighted by atomic mass is 31.3. The lowest BCUT2D eigenvalue weighted by atomic mass is 10.1. The van der Waals surface area contributed by atoms with Crippen molar-refractivity contribution in [1.29, 1.82) is 0 Å². The summed E-state index contributed by atoms with van der Waals surface area (Å²) in [5, 5.41) is 0. The van der Waals surface area contributed by atoms with E-state index in [1.54, 1.807) is 19.9 Å². The van der Waals surface area contributed by atoms with Crippen molar-refractivity contribution >= 4 is 15.6 Å². The largest absolute Gasteiger partial charge is 0.481 e. The lowest BCUT2D eigenvalue weighted by Gasteiger charge is -2.19. The summed E-state index contributed by atoms with van der Waals surface area (Å²) in [5.74, 6) is 0. The Kier molecular flexibility index (Phi) is 9.90. The first-order valence-corrected chi connectivity index (χ1v) is 10.0. The van der Waals surface area contributed by atoms with Crippen LogP contribution in [0.1, 0.15) is 59.3 Å². The molecule has 21 heavy (non-hydrogen) atoms. The Bertz CT molecular complexity index is 412. The second-order valence-electron chi connectivity index (χ2n) is 5.13. The van der Waals surface area contributed by atoms with Gasteiger partial charge in [0, 0.05) is 0 Å². The molecule has 2 atom stereocenters. The topological polar surface area (TPSA) is 113 Å². The Morgan fingerprint density at radius 3 is 2.14 bits per heavy atom. The zero-order chi connectivity index (χ0) is 16.5. The molecule has 3 N–H and O–H groups in total. The van der Waals surface area contributed by atoms with Gasteiger partial charge in [-0.25, -0.2) is 9.13 Å². The van der Waals surface area contributed by atoms with Gasteiger partial charge in [-0.2, -0.15) is 4.31 Å². The van der Waals surface area contributed by atoms with Crippen molar-refractivity contribution in [3.8, 4) is 0 Å². The smallest absolute Gasteiger partial charge is 0.302 e. The standard InChI is InChI=1S/C12H26O7P2/c1-4-5-6-7-8-9-12(10-11(2)3)18-21(16,17)19-20(13,14)15/h10,12H,4-9H2,1-3H3,(H,16,17)(H2,13,14,15). The van der Waals surface area contributed by atoms with Crippen LogP contribution in [-0.2, 0) is 18.0 Å². The van der Waals surface area contributed by atoms with Gasteiger partial charge in [0.15, 0.2) is 0 Å². The van der Waals surface area contributed by atoms with Crippen molar-refractivity contribution in [2.24, 2.45) is 0 Å². The summed E-state index contributed by atoms with van der Waals surface area (Å²) in [6.45, 7) is 5.72. The third kappa shape index (κ3) is 13.4. The molecule has 0 aromatic rings. The van der Waals surface area contributed by atoms with Gasteiger partial charge < -0.3 is 14.7 Å². The Morgan fingerprint density at radius 2 is 1.67 bits per heavy atom. The maximum absolute atomic E-state index is 11.5. The van der Waals surface area contributed by atoms with E-state index in [9.17, 15) is 14.0 Å². The Balaban J connectivity index is 4.52. The molecule has 0 aliphatic rings. The van der Waals surface area contributed by atoms with Gasteiger partial charge in [-0.1, -0.05) is 50.7 Å². The molecular formula is C12H26O7P2. The molecule has 0 aromatic heterocycles. The summed E-state index contributed by atoms with van der Waals surface area (Å²) in [5.41, 5.74) is 0.879. The number of unbranched alkanes of at least 4 members (excludes halogenated alkanes) is 4. The number of hydrogen-bond acceptors (Lipinski definition) is 4. The van der Waals surface area contributed by atoms with Gasteiger partial charge >= 0.3 is 15.6 Å². The van der Waals surface area contributed by atoms with Crippen LogP contribution in [0.25, 0.3) is 0 Å². The fraction of sp³-hybridized carbons (Fsp3) is 0.833. The van der Waals surface area contributed by atoms with Gasteiger partial charge in [0.2, 0.25) is 0 Å². The molecule has 9 heteroatoms. The first-order chi connectivity index (χ1) is 9.56. The maximum Gasteiger partial charge on any atom is 0.481 e. The van der Waals surface area contributed by atoms with Crippen LogP contribution in [0.15, 0.2) is 11.6 Å². The molecule has 0 spiro atoms. The van der Waals surface area contributed by atoms with E-state index < -0.39 is 21.7 Å². The maximum atomic E-state index is 11.5. The minimum atomic E-state index is -5.08. The summed E-state index contributed by atoms with van der Waals surface area (Å²) in [4.78, 5) is 26.5. The van der Waals surface area contributed by atoms with E-state index >= 15 is 0 Å². The van der Waals surface area contributed by atoms with Crippen LogP contribution in [0.4, 0.5) is 0 Å². The van der Waals surface area contributed by atoms with E-state index in [2.05, 4.69) is 11.2 Å². The monoisotopic (exact) mass is 344 g/mol. The third-order valence-corrected chi connectivity index (χ3v) is 4.80. The average molecular weight is 344 g/mol. The molecule has 0 aliphatic carbocycles. The Labute approximate surface area is 126 Å². The van der Waals surface area contributed by atoms with Gasteiger partial charge in [0.1, 0.15) is 0 Å². The van der Waals surface area contributed by atoms with Crippen molar-refractivity contribution in [2.75, 3.05) is 0 Å². The van der Waals surface area contributed by atoms with Crippen LogP contribution < -0.4 is 0 Å². The number of allylic oxidation sites excluding steroid dienone is 1. The molecule has 0 radical (unpaired) electrons. The fourth-order valence-corrected chi connectivity index (χ4v) is 3.55. The van der Waals surface area contributed by atoms with Gasteiger partial charge in [-0.3, -0.25) is 4.52 Å². The minimum absolute atomic E-state index is 0.490. The molecule has 0 saturated carbocycles. The number of hydrogen-bond donors (Lipinski definition) is 3. The number of rotatable bonds is 11. The van der Waals surface area contributed by atoms with Gasteiger partial charge in [0.25, 0.3) is 0 Å². The lowest BCUT2D eigenvalue weighted by Crippen LogP contribution is -2.10. The zero-order valence-electron chi connectivity index (χ0n) is 12.8. The molecule has 2 unspecified atom stereocenters. The highest BCUT2D eigenvalue weighted by Crippen LogP contribution is 2.58. The summed E-state index contributed by atoms with van der Waals surface area (Å²) in [6.07, 6.45) is 6.52. The molecule has 0 rings (SSSR count). The molecule has 0 fully saturated rings. The van der Waals surface area contributed by atoms with E-state index in [-0.39, 0.29) is 0 Å². The molecule has 0 aliphatic heterocycles. The van der Waals surface area contributed by atoms with Crippen molar-refractivity contribution in [1.82, 2.24) is 0 Å². The summed E-state index contributed by atoms with van der Waals surface area (Å²) in [7, 11) is -9.87. The normalized spacial score (nSPS) is 16.3. The minimum Gasteiger partial charge on any atom is -0.302 e. The average Bonchev–Trinajstić information content (AvgIpc) is 2.23. The van der Waals surface area contributed by atoms with Gasteiger partial charge in [-0.05, 0) is 20.3 Å². The molecule has 0 aromatic carbocycles. The van der Waals surface area contributed by atoms with Crippen LogP contribution >= 0.6 is 15.6 Å². The van der Waals surface area contributed by atoms with Crippen LogP contribution in [0.2, 0.25) is 0 Å². The first-order valence-electron chi connectivity index (χ1n) is 6.99. The zero-order valence-corrected chi connectivity index (χ0v) is 14.6. The summed E-state index contributed by atoms with van der Waals surface area (Å²) in [6, 6.07) is 0. The van der Waals surface area contributed by atoms with Crippen molar-refractivity contribution in [3.63, 3.8) is 0 Å². The second kappa shape index (κ2) is 9.90. The molecule has 0 bridgehead atoms. The summed E-state index contributed by atoms with van der Waals surface area (Å²) >= 11 is 0. The van der Waals surface area contributed by atoms with Crippen molar-refractivity contribution in [3.05, 3.63) is 11.6 Å². The quantitative estimate of drug-likeness (QED) is 0.296. The molecule has 7 nitrogen and oxygen atoms in total. The number of phosphoric acid groups is 2. The van der Waals surface area contributed by atoms with Crippen molar-refractivity contribution < 1.29 is 32.6 Å². The van der Waals surface area contributed by atoms with Crippen molar-refractivity contribution in [2.45, 2.75) is 65.4 Å². The predicted octanol–water partition coefficient (Wildman–Crippen LogP) is 3.91. The third-order valence-electron chi connectivity index (χ3n) is 2.59. The first kappa shape index (κ1) is 21.0. The Morgan fingerprint density at radius 1 is 1.10 bits per heavy atom. The SMILES string of the molecule is CCCCCCCC(C=C(C)C)OP(=O)(O)OP(=O)(O)O. The van der Waals surface area contributed by atoms with Gasteiger partial charge in [0.05, 0.1) is 6.10 Å². The van der Waals surface area contributed by atoms with Crippen LogP contribution in [0, 0.1) is 0 Å². The van der Waals surface area contributed by atoms with E-state index in [4.69, 9.17) is 14.3 Å². The predicted molar refractivity (Wildman–Crippen MR) is 80.6 cm³/mol. The molecule has 0 amide bonds. The molecule has 0 saturated heterocycles. The van der Waals surface area contributed by atoms with E-state index in [1.807, 2.05) is 0 Å².